The first-order valence-corrected chi connectivity index (χ1v) is 14.8. The largest absolute Gasteiger partial charge is 0.462 e. The number of benzene rings is 3. The van der Waals surface area contributed by atoms with Gasteiger partial charge in [-0.1, -0.05) is 62.4 Å². The first-order chi connectivity index (χ1) is 19.7. The minimum atomic E-state index is -1.14. The molecule has 0 radical (unpaired) electrons. The van der Waals surface area contributed by atoms with Crippen LogP contribution in [0.1, 0.15) is 73.3 Å². The number of hydrogen-bond acceptors (Lipinski definition) is 7. The second kappa shape index (κ2) is 12.4. The number of esters is 3. The van der Waals surface area contributed by atoms with Crippen LogP contribution >= 0.6 is 0 Å². The van der Waals surface area contributed by atoms with Crippen molar-refractivity contribution in [2.45, 2.75) is 86.0 Å². The molecule has 4 atom stereocenters. The van der Waals surface area contributed by atoms with Crippen molar-refractivity contribution in [2.75, 3.05) is 13.2 Å². The molecular formula is C35H44O7. The number of rotatable bonds is 12. The summed E-state index contributed by atoms with van der Waals surface area (Å²) >= 11 is 0. The van der Waals surface area contributed by atoms with Gasteiger partial charge in [0.15, 0.2) is 0 Å². The molecule has 3 aromatic rings. The number of ether oxygens (including phenoxy) is 4. The second-order valence-electron chi connectivity index (χ2n) is 13.2. The van der Waals surface area contributed by atoms with Gasteiger partial charge in [0, 0.05) is 5.56 Å². The average Bonchev–Trinajstić information content (AvgIpc) is 3.77. The number of carbonyl (C=O) groups excluding carboxylic acids is 3. The standard InChI is InChI=1S/C35H44O7/c1-8-34(6,22-35(7,32(38)40-20-26-19-39-26)18-23(2)30(36)42-33(3,4)5)31(37)41-21-29-27-15-11-9-13-24(27)17-25-14-10-12-16-28(25)29/h9-17,23,26H,8,18-22H2,1-7H3. The van der Waals surface area contributed by atoms with Gasteiger partial charge in [-0.3, -0.25) is 14.4 Å². The van der Waals surface area contributed by atoms with Crippen molar-refractivity contribution in [3.63, 3.8) is 0 Å². The van der Waals surface area contributed by atoms with Crippen molar-refractivity contribution in [1.29, 1.82) is 0 Å². The lowest BCUT2D eigenvalue weighted by Gasteiger charge is -2.37. The first kappa shape index (κ1) is 31.5. The molecule has 226 valence electrons. The third-order valence-electron chi connectivity index (χ3n) is 8.15. The van der Waals surface area contributed by atoms with Gasteiger partial charge in [-0.15, -0.1) is 0 Å². The maximum Gasteiger partial charge on any atom is 0.312 e. The Hall–Kier alpha value is -3.45. The molecule has 7 nitrogen and oxygen atoms in total. The molecule has 0 bridgehead atoms. The summed E-state index contributed by atoms with van der Waals surface area (Å²) in [6.07, 6.45) is 0.670. The van der Waals surface area contributed by atoms with E-state index in [1.54, 1.807) is 13.8 Å². The number of carbonyl (C=O) groups is 3. The van der Waals surface area contributed by atoms with E-state index in [0.717, 1.165) is 27.1 Å². The van der Waals surface area contributed by atoms with Crippen LogP contribution in [0, 0.1) is 16.7 Å². The van der Waals surface area contributed by atoms with Crippen molar-refractivity contribution in [2.24, 2.45) is 16.7 Å². The highest BCUT2D eigenvalue weighted by atomic mass is 16.6. The molecule has 1 fully saturated rings. The summed E-state index contributed by atoms with van der Waals surface area (Å²) in [5.41, 5.74) is -1.85. The van der Waals surface area contributed by atoms with E-state index in [4.69, 9.17) is 18.9 Å². The van der Waals surface area contributed by atoms with Crippen LogP contribution in [-0.4, -0.2) is 42.8 Å². The molecule has 0 spiro atoms. The normalized spacial score (nSPS) is 18.5. The lowest BCUT2D eigenvalue weighted by Crippen LogP contribution is -2.42. The van der Waals surface area contributed by atoms with Gasteiger partial charge in [0.2, 0.25) is 0 Å². The SMILES string of the molecule is CCC(C)(CC(C)(CC(C)C(=O)OC(C)(C)C)C(=O)OCC1CO1)C(=O)OCc1c2ccccc2cc2ccccc12. The van der Waals surface area contributed by atoms with Crippen molar-refractivity contribution in [3.8, 4) is 0 Å². The summed E-state index contributed by atoms with van der Waals surface area (Å²) in [7, 11) is 0. The molecule has 7 heteroatoms. The van der Waals surface area contributed by atoms with Crippen LogP contribution in [0.5, 0.6) is 0 Å². The highest BCUT2D eigenvalue weighted by molar-refractivity contribution is 6.02. The van der Waals surface area contributed by atoms with Gasteiger partial charge in [-0.05, 0) is 81.5 Å². The topological polar surface area (TPSA) is 91.4 Å². The fourth-order valence-electron chi connectivity index (χ4n) is 5.67. The van der Waals surface area contributed by atoms with Gasteiger partial charge in [-0.2, -0.15) is 0 Å². The van der Waals surface area contributed by atoms with E-state index in [0.29, 0.717) is 13.0 Å². The molecule has 0 N–H and O–H groups in total. The molecule has 42 heavy (non-hydrogen) atoms. The van der Waals surface area contributed by atoms with E-state index in [9.17, 15) is 14.4 Å². The summed E-state index contributed by atoms with van der Waals surface area (Å²) < 4.78 is 22.5. The Balaban J connectivity index is 1.57. The first-order valence-electron chi connectivity index (χ1n) is 14.8. The molecule has 0 aromatic heterocycles. The third-order valence-corrected chi connectivity index (χ3v) is 8.15. The van der Waals surface area contributed by atoms with Crippen LogP contribution in [0.2, 0.25) is 0 Å². The lowest BCUT2D eigenvalue weighted by atomic mass is 9.68. The minimum absolute atomic E-state index is 0.0977. The van der Waals surface area contributed by atoms with Crippen LogP contribution < -0.4 is 0 Å². The smallest absolute Gasteiger partial charge is 0.312 e. The molecule has 1 heterocycles. The predicted molar refractivity (Wildman–Crippen MR) is 163 cm³/mol. The molecule has 1 saturated heterocycles. The fraction of sp³-hybridized carbons (Fsp3) is 0.514. The fourth-order valence-corrected chi connectivity index (χ4v) is 5.67. The van der Waals surface area contributed by atoms with E-state index >= 15 is 0 Å². The molecule has 1 aliphatic heterocycles. The van der Waals surface area contributed by atoms with Crippen molar-refractivity contribution in [3.05, 3.63) is 60.2 Å². The highest BCUT2D eigenvalue weighted by Gasteiger charge is 2.47. The maximum absolute atomic E-state index is 13.8. The molecule has 1 aliphatic rings. The van der Waals surface area contributed by atoms with E-state index in [2.05, 4.69) is 18.2 Å². The minimum Gasteiger partial charge on any atom is -0.462 e. The summed E-state index contributed by atoms with van der Waals surface area (Å²) in [4.78, 5) is 40.3. The number of fused-ring (bicyclic) bond motifs is 2. The van der Waals surface area contributed by atoms with Crippen molar-refractivity contribution >= 4 is 39.5 Å². The maximum atomic E-state index is 13.8. The van der Waals surface area contributed by atoms with E-state index < -0.39 is 40.3 Å². The van der Waals surface area contributed by atoms with Crippen LogP contribution in [0.15, 0.2) is 54.6 Å². The van der Waals surface area contributed by atoms with Crippen molar-refractivity contribution in [1.82, 2.24) is 0 Å². The van der Waals surface area contributed by atoms with E-state index in [1.165, 1.54) is 0 Å². The monoisotopic (exact) mass is 576 g/mol. The zero-order valence-electron chi connectivity index (χ0n) is 26.0. The molecule has 0 aliphatic carbocycles. The zero-order valence-corrected chi connectivity index (χ0v) is 26.0. The van der Waals surface area contributed by atoms with Gasteiger partial charge in [0.25, 0.3) is 0 Å². The summed E-state index contributed by atoms with van der Waals surface area (Å²) in [5, 5.41) is 4.21. The Morgan fingerprint density at radius 2 is 1.43 bits per heavy atom. The molecule has 0 amide bonds. The Morgan fingerprint density at radius 3 is 1.95 bits per heavy atom. The lowest BCUT2D eigenvalue weighted by molar-refractivity contribution is -0.168. The van der Waals surface area contributed by atoms with E-state index in [1.807, 2.05) is 71.0 Å². The quantitative estimate of drug-likeness (QED) is 0.0978. The van der Waals surface area contributed by atoms with Gasteiger partial charge in [-0.25, -0.2) is 0 Å². The summed E-state index contributed by atoms with van der Waals surface area (Å²) in [6.45, 7) is 13.5. The third kappa shape index (κ3) is 7.49. The van der Waals surface area contributed by atoms with Crippen molar-refractivity contribution < 1.29 is 33.3 Å². The van der Waals surface area contributed by atoms with Crippen LogP contribution in [-0.2, 0) is 39.9 Å². The highest BCUT2D eigenvalue weighted by Crippen LogP contribution is 2.43. The van der Waals surface area contributed by atoms with Gasteiger partial charge in [0.1, 0.15) is 24.9 Å². The van der Waals surface area contributed by atoms with Crippen LogP contribution in [0.3, 0.4) is 0 Å². The number of hydrogen-bond donors (Lipinski definition) is 0. The Morgan fingerprint density at radius 1 is 0.881 bits per heavy atom. The van der Waals surface area contributed by atoms with Gasteiger partial charge < -0.3 is 18.9 Å². The van der Waals surface area contributed by atoms with Crippen LogP contribution in [0.4, 0.5) is 0 Å². The molecular weight excluding hydrogens is 532 g/mol. The second-order valence-corrected chi connectivity index (χ2v) is 13.2. The number of epoxide rings is 1. The molecule has 4 rings (SSSR count). The molecule has 4 unspecified atom stereocenters. The summed E-state index contributed by atoms with van der Waals surface area (Å²) in [6, 6.07) is 18.3. The van der Waals surface area contributed by atoms with E-state index in [-0.39, 0.29) is 32.2 Å². The Labute approximate surface area is 248 Å². The van der Waals surface area contributed by atoms with Crippen LogP contribution in [0.25, 0.3) is 21.5 Å². The summed E-state index contributed by atoms with van der Waals surface area (Å²) in [5.74, 6) is -1.83. The van der Waals surface area contributed by atoms with Gasteiger partial charge in [0.05, 0.1) is 23.4 Å². The predicted octanol–water partition coefficient (Wildman–Crippen LogP) is 7.16. The Bertz CT molecular complexity index is 1400. The molecule has 3 aromatic carbocycles. The average molecular weight is 577 g/mol. The molecule has 0 saturated carbocycles. The zero-order chi connectivity index (χ0) is 30.7. The van der Waals surface area contributed by atoms with Gasteiger partial charge >= 0.3 is 17.9 Å². The Kier molecular flexibility index (Phi) is 9.31.